The van der Waals surface area contributed by atoms with Gasteiger partial charge in [0.15, 0.2) is 0 Å². The third kappa shape index (κ3) is 2.89. The fourth-order valence-corrected chi connectivity index (χ4v) is 2.31. The zero-order chi connectivity index (χ0) is 13.1. The minimum Gasteiger partial charge on any atom is -0.493 e. The van der Waals surface area contributed by atoms with Gasteiger partial charge in [0.2, 0.25) is 0 Å². The molecule has 3 heteroatoms. The van der Waals surface area contributed by atoms with E-state index < -0.39 is 0 Å². The Labute approximate surface area is 117 Å². The lowest BCUT2D eigenvalue weighted by Crippen LogP contribution is -2.05. The Bertz CT molecular complexity index is 466. The van der Waals surface area contributed by atoms with Gasteiger partial charge < -0.3 is 9.47 Å². The zero-order valence-electron chi connectivity index (χ0n) is 11.1. The largest absolute Gasteiger partial charge is 0.493 e. The summed E-state index contributed by atoms with van der Waals surface area (Å²) in [4.78, 5) is 0. The standard InChI is InChI=1S/C15H19BrO2/c1-4-17-14-7-13-6-11(3)18-15(13)8-12(14)5-10(2)9-16/h5,7-8,11H,4,6,9H2,1-3H3. The molecule has 2 rings (SSSR count). The maximum Gasteiger partial charge on any atom is 0.127 e. The van der Waals surface area contributed by atoms with Gasteiger partial charge in [-0.15, -0.1) is 0 Å². The van der Waals surface area contributed by atoms with E-state index in [1.165, 1.54) is 11.1 Å². The molecule has 1 heterocycles. The van der Waals surface area contributed by atoms with E-state index in [0.717, 1.165) is 28.8 Å². The Morgan fingerprint density at radius 3 is 3.00 bits per heavy atom. The number of rotatable bonds is 4. The van der Waals surface area contributed by atoms with Gasteiger partial charge in [-0.05, 0) is 32.9 Å². The summed E-state index contributed by atoms with van der Waals surface area (Å²) in [5, 5.41) is 0.868. The maximum atomic E-state index is 5.80. The lowest BCUT2D eigenvalue weighted by atomic mass is 10.0. The first-order valence-corrected chi connectivity index (χ1v) is 7.45. The van der Waals surface area contributed by atoms with Crippen LogP contribution in [0, 0.1) is 0 Å². The smallest absolute Gasteiger partial charge is 0.127 e. The van der Waals surface area contributed by atoms with E-state index in [4.69, 9.17) is 9.47 Å². The topological polar surface area (TPSA) is 18.5 Å². The molecule has 1 aliphatic rings. The molecule has 1 atom stereocenters. The van der Waals surface area contributed by atoms with Crippen molar-refractivity contribution in [2.45, 2.75) is 33.3 Å². The summed E-state index contributed by atoms with van der Waals surface area (Å²) in [6.45, 7) is 6.89. The fourth-order valence-electron chi connectivity index (χ4n) is 2.15. The van der Waals surface area contributed by atoms with Gasteiger partial charge in [-0.25, -0.2) is 0 Å². The summed E-state index contributed by atoms with van der Waals surface area (Å²) in [5.74, 6) is 1.95. The van der Waals surface area contributed by atoms with Gasteiger partial charge in [0.05, 0.1) is 6.61 Å². The van der Waals surface area contributed by atoms with Crippen LogP contribution in [-0.2, 0) is 6.42 Å². The number of benzene rings is 1. The van der Waals surface area contributed by atoms with Gasteiger partial charge in [-0.3, -0.25) is 0 Å². The van der Waals surface area contributed by atoms with Crippen LogP contribution in [0.3, 0.4) is 0 Å². The van der Waals surface area contributed by atoms with Gasteiger partial charge >= 0.3 is 0 Å². The highest BCUT2D eigenvalue weighted by molar-refractivity contribution is 9.09. The van der Waals surface area contributed by atoms with Crippen molar-refractivity contribution in [3.63, 3.8) is 0 Å². The average molecular weight is 311 g/mol. The van der Waals surface area contributed by atoms with Crippen molar-refractivity contribution < 1.29 is 9.47 Å². The molecule has 1 aliphatic heterocycles. The second-order valence-corrected chi connectivity index (χ2v) is 5.25. The Morgan fingerprint density at radius 1 is 1.56 bits per heavy atom. The highest BCUT2D eigenvalue weighted by Gasteiger charge is 2.21. The number of allylic oxidation sites excluding steroid dienone is 1. The highest BCUT2D eigenvalue weighted by atomic mass is 79.9. The SMILES string of the molecule is CCOc1cc2c(cc1C=C(C)CBr)OC(C)C2. The third-order valence-corrected chi connectivity index (χ3v) is 3.83. The number of fused-ring (bicyclic) bond motifs is 1. The average Bonchev–Trinajstić information content (AvgIpc) is 2.69. The third-order valence-electron chi connectivity index (χ3n) is 2.94. The first kappa shape index (κ1) is 13.5. The lowest BCUT2D eigenvalue weighted by Gasteiger charge is -2.10. The van der Waals surface area contributed by atoms with Crippen LogP contribution in [0.1, 0.15) is 31.9 Å². The van der Waals surface area contributed by atoms with E-state index in [2.05, 4.69) is 48.0 Å². The summed E-state index contributed by atoms with van der Waals surface area (Å²) in [6, 6.07) is 4.21. The molecule has 0 saturated carbocycles. The van der Waals surface area contributed by atoms with Crippen LogP contribution in [0.4, 0.5) is 0 Å². The summed E-state index contributed by atoms with van der Waals surface area (Å²) >= 11 is 3.47. The first-order chi connectivity index (χ1) is 8.63. The van der Waals surface area contributed by atoms with Crippen LogP contribution in [0.2, 0.25) is 0 Å². The van der Waals surface area contributed by atoms with E-state index in [1.54, 1.807) is 0 Å². The van der Waals surface area contributed by atoms with Crippen LogP contribution < -0.4 is 9.47 Å². The molecule has 0 amide bonds. The molecule has 0 N–H and O–H groups in total. The summed E-state index contributed by atoms with van der Waals surface area (Å²) in [6.07, 6.45) is 3.38. The predicted molar refractivity (Wildman–Crippen MR) is 78.9 cm³/mol. The quantitative estimate of drug-likeness (QED) is 0.776. The normalized spacial score (nSPS) is 18.4. The van der Waals surface area contributed by atoms with Gasteiger partial charge in [0, 0.05) is 22.9 Å². The molecular formula is C15H19BrO2. The van der Waals surface area contributed by atoms with Crippen molar-refractivity contribution in [2.75, 3.05) is 11.9 Å². The lowest BCUT2D eigenvalue weighted by molar-refractivity contribution is 0.254. The molecule has 98 valence electrons. The number of alkyl halides is 1. The fraction of sp³-hybridized carbons (Fsp3) is 0.467. The van der Waals surface area contributed by atoms with Crippen molar-refractivity contribution in [1.29, 1.82) is 0 Å². The summed E-state index contributed by atoms with van der Waals surface area (Å²) < 4.78 is 11.5. The predicted octanol–water partition coefficient (Wildman–Crippen LogP) is 4.21. The van der Waals surface area contributed by atoms with Crippen LogP contribution in [-0.4, -0.2) is 18.0 Å². The van der Waals surface area contributed by atoms with Crippen LogP contribution in [0.15, 0.2) is 17.7 Å². The second-order valence-electron chi connectivity index (χ2n) is 4.69. The minimum atomic E-state index is 0.269. The summed E-state index contributed by atoms with van der Waals surface area (Å²) in [7, 11) is 0. The Balaban J connectivity index is 2.41. The van der Waals surface area contributed by atoms with E-state index in [-0.39, 0.29) is 6.10 Å². The molecule has 0 aromatic heterocycles. The van der Waals surface area contributed by atoms with Crippen LogP contribution in [0.5, 0.6) is 11.5 Å². The molecule has 1 aromatic rings. The maximum absolute atomic E-state index is 5.80. The minimum absolute atomic E-state index is 0.269. The van der Waals surface area contributed by atoms with E-state index in [9.17, 15) is 0 Å². The molecule has 2 nitrogen and oxygen atoms in total. The molecule has 0 spiro atoms. The van der Waals surface area contributed by atoms with Gasteiger partial charge in [0.25, 0.3) is 0 Å². The number of hydrogen-bond donors (Lipinski definition) is 0. The van der Waals surface area contributed by atoms with Gasteiger partial charge in [-0.1, -0.05) is 27.6 Å². The number of halogens is 1. The van der Waals surface area contributed by atoms with Crippen molar-refractivity contribution in [1.82, 2.24) is 0 Å². The summed E-state index contributed by atoms with van der Waals surface area (Å²) in [5.41, 5.74) is 3.61. The molecule has 0 aliphatic carbocycles. The molecule has 18 heavy (non-hydrogen) atoms. The molecule has 0 fully saturated rings. The monoisotopic (exact) mass is 310 g/mol. The Morgan fingerprint density at radius 2 is 2.33 bits per heavy atom. The molecule has 1 aromatic carbocycles. The molecule has 1 unspecified atom stereocenters. The molecule has 0 radical (unpaired) electrons. The first-order valence-electron chi connectivity index (χ1n) is 6.33. The molecule has 0 bridgehead atoms. The molecule has 0 saturated heterocycles. The highest BCUT2D eigenvalue weighted by Crippen LogP contribution is 2.36. The van der Waals surface area contributed by atoms with E-state index in [1.807, 2.05) is 6.92 Å². The van der Waals surface area contributed by atoms with Crippen molar-refractivity contribution in [2.24, 2.45) is 0 Å². The van der Waals surface area contributed by atoms with Crippen LogP contribution >= 0.6 is 15.9 Å². The van der Waals surface area contributed by atoms with E-state index in [0.29, 0.717) is 6.61 Å². The van der Waals surface area contributed by atoms with E-state index >= 15 is 0 Å². The Hall–Kier alpha value is -0.960. The Kier molecular flexibility index (Phi) is 4.33. The van der Waals surface area contributed by atoms with Crippen LogP contribution in [0.25, 0.3) is 6.08 Å². The number of ether oxygens (including phenoxy) is 2. The molecular weight excluding hydrogens is 292 g/mol. The van der Waals surface area contributed by atoms with Crippen molar-refractivity contribution >= 4 is 22.0 Å². The zero-order valence-corrected chi connectivity index (χ0v) is 12.7. The van der Waals surface area contributed by atoms with Gasteiger partial charge in [-0.2, -0.15) is 0 Å². The second kappa shape index (κ2) is 5.79. The van der Waals surface area contributed by atoms with Gasteiger partial charge in [0.1, 0.15) is 17.6 Å². The number of hydrogen-bond acceptors (Lipinski definition) is 2. The van der Waals surface area contributed by atoms with Crippen molar-refractivity contribution in [3.05, 3.63) is 28.8 Å². The van der Waals surface area contributed by atoms with Crippen molar-refractivity contribution in [3.8, 4) is 11.5 Å².